The van der Waals surface area contributed by atoms with Gasteiger partial charge in [0.25, 0.3) is 0 Å². The van der Waals surface area contributed by atoms with Crippen LogP contribution in [0.15, 0.2) is 47.6 Å². The highest BCUT2D eigenvalue weighted by Gasteiger charge is 2.10. The fourth-order valence-corrected chi connectivity index (χ4v) is 1.75. The highest BCUT2D eigenvalue weighted by molar-refractivity contribution is 5.72. The summed E-state index contributed by atoms with van der Waals surface area (Å²) in [5, 5.41) is 3.56. The third kappa shape index (κ3) is 1.64. The van der Waals surface area contributed by atoms with E-state index in [9.17, 15) is 4.39 Å². The summed E-state index contributed by atoms with van der Waals surface area (Å²) in [6.07, 6.45) is 6.25. The number of nitrogens with zero attached hydrogens (tertiary/aromatic N) is 3. The molecule has 0 unspecified atom stereocenters. The Hall–Kier alpha value is -2.63. The van der Waals surface area contributed by atoms with Gasteiger partial charge in [-0.15, -0.1) is 0 Å². The first kappa shape index (κ1) is 10.5. The zero-order valence-electron chi connectivity index (χ0n) is 9.25. The smallest absolute Gasteiger partial charge is 0.229 e. The number of benzene rings is 1. The van der Waals surface area contributed by atoms with Crippen molar-refractivity contribution >= 4 is 5.88 Å². The first-order valence-corrected chi connectivity index (χ1v) is 5.24. The molecule has 0 spiro atoms. The van der Waals surface area contributed by atoms with Crippen LogP contribution in [-0.2, 0) is 0 Å². The molecule has 5 nitrogen and oxygen atoms in total. The number of hydrogen-bond donors (Lipinski definition) is 1. The average molecular weight is 244 g/mol. The van der Waals surface area contributed by atoms with Crippen LogP contribution in [0.2, 0.25) is 0 Å². The zero-order chi connectivity index (χ0) is 12.5. The lowest BCUT2D eigenvalue weighted by atomic mass is 10.1. The van der Waals surface area contributed by atoms with Gasteiger partial charge in [-0.05, 0) is 17.7 Å². The summed E-state index contributed by atoms with van der Waals surface area (Å²) in [6, 6.07) is 4.79. The molecule has 90 valence electrons. The van der Waals surface area contributed by atoms with E-state index in [1.165, 1.54) is 18.6 Å². The van der Waals surface area contributed by atoms with Crippen molar-refractivity contribution in [1.29, 1.82) is 0 Å². The molecule has 0 aliphatic rings. The third-order valence-electron chi connectivity index (χ3n) is 2.64. The number of nitrogen functional groups attached to an aromatic ring is 1. The Bertz CT molecular complexity index is 675. The number of nitrogens with two attached hydrogens (primary N) is 1. The summed E-state index contributed by atoms with van der Waals surface area (Å²) in [4.78, 5) is 3.88. The lowest BCUT2D eigenvalue weighted by Gasteiger charge is -2.05. The van der Waals surface area contributed by atoms with Crippen molar-refractivity contribution in [3.63, 3.8) is 0 Å². The number of anilines is 1. The molecule has 0 bridgehead atoms. The average Bonchev–Trinajstić information content (AvgIpc) is 2.99. The van der Waals surface area contributed by atoms with Crippen molar-refractivity contribution in [2.75, 3.05) is 5.73 Å². The molecule has 3 rings (SSSR count). The number of hydrogen-bond acceptors (Lipinski definition) is 4. The molecule has 0 saturated carbocycles. The van der Waals surface area contributed by atoms with E-state index in [1.54, 1.807) is 29.1 Å². The van der Waals surface area contributed by atoms with Crippen molar-refractivity contribution in [3.05, 3.63) is 48.9 Å². The predicted molar refractivity (Wildman–Crippen MR) is 63.4 cm³/mol. The van der Waals surface area contributed by atoms with Gasteiger partial charge in [-0.2, -0.15) is 0 Å². The molecule has 2 heterocycles. The SMILES string of the molecule is Nc1oncc1-c1ccc(-n2ccnc2)c(F)c1. The molecule has 0 amide bonds. The monoisotopic (exact) mass is 244 g/mol. The van der Waals surface area contributed by atoms with Crippen molar-refractivity contribution in [2.45, 2.75) is 0 Å². The van der Waals surface area contributed by atoms with Gasteiger partial charge < -0.3 is 14.8 Å². The summed E-state index contributed by atoms with van der Waals surface area (Å²) in [6.45, 7) is 0. The lowest BCUT2D eigenvalue weighted by molar-refractivity contribution is 0.436. The van der Waals surface area contributed by atoms with E-state index in [2.05, 4.69) is 10.1 Å². The minimum Gasteiger partial charge on any atom is -0.367 e. The summed E-state index contributed by atoms with van der Waals surface area (Å²) < 4.78 is 20.3. The Balaban J connectivity index is 2.07. The number of rotatable bonds is 2. The van der Waals surface area contributed by atoms with E-state index in [0.717, 1.165) is 0 Å². The Morgan fingerprint density at radius 2 is 2.22 bits per heavy atom. The maximum atomic E-state index is 14.0. The summed E-state index contributed by atoms with van der Waals surface area (Å²) in [5.41, 5.74) is 7.21. The summed E-state index contributed by atoms with van der Waals surface area (Å²) in [5.74, 6) is -0.198. The Labute approximate surface area is 102 Å². The quantitative estimate of drug-likeness (QED) is 0.750. The molecule has 18 heavy (non-hydrogen) atoms. The van der Waals surface area contributed by atoms with Crippen molar-refractivity contribution in [2.24, 2.45) is 0 Å². The molecule has 0 aliphatic carbocycles. The fraction of sp³-hybridized carbons (Fsp3) is 0. The van der Waals surface area contributed by atoms with Crippen LogP contribution < -0.4 is 5.73 Å². The first-order chi connectivity index (χ1) is 8.75. The van der Waals surface area contributed by atoms with Gasteiger partial charge in [0.1, 0.15) is 5.82 Å². The molecule has 6 heteroatoms. The van der Waals surface area contributed by atoms with Crippen LogP contribution in [-0.4, -0.2) is 14.7 Å². The van der Waals surface area contributed by atoms with Crippen LogP contribution in [0.3, 0.4) is 0 Å². The molecular formula is C12H9FN4O. The van der Waals surface area contributed by atoms with Crippen LogP contribution in [0.1, 0.15) is 0 Å². The Kier molecular flexibility index (Phi) is 2.33. The lowest BCUT2D eigenvalue weighted by Crippen LogP contribution is -1.95. The summed E-state index contributed by atoms with van der Waals surface area (Å²) in [7, 11) is 0. The molecule has 0 saturated heterocycles. The largest absolute Gasteiger partial charge is 0.367 e. The van der Waals surface area contributed by atoms with Gasteiger partial charge in [0.15, 0.2) is 0 Å². The second-order valence-corrected chi connectivity index (χ2v) is 3.74. The van der Waals surface area contributed by atoms with E-state index in [0.29, 0.717) is 16.8 Å². The van der Waals surface area contributed by atoms with E-state index in [1.807, 2.05) is 0 Å². The Morgan fingerprint density at radius 1 is 1.33 bits per heavy atom. The second kappa shape index (κ2) is 3.99. The van der Waals surface area contributed by atoms with Gasteiger partial charge in [0, 0.05) is 12.4 Å². The topological polar surface area (TPSA) is 69.9 Å². The van der Waals surface area contributed by atoms with Gasteiger partial charge in [-0.25, -0.2) is 9.37 Å². The third-order valence-corrected chi connectivity index (χ3v) is 2.64. The highest BCUT2D eigenvalue weighted by atomic mass is 19.1. The van der Waals surface area contributed by atoms with Gasteiger partial charge >= 0.3 is 0 Å². The highest BCUT2D eigenvalue weighted by Crippen LogP contribution is 2.27. The van der Waals surface area contributed by atoms with E-state index < -0.39 is 0 Å². The molecule has 2 N–H and O–H groups in total. The van der Waals surface area contributed by atoms with Gasteiger partial charge in [0.2, 0.25) is 5.88 Å². The van der Waals surface area contributed by atoms with E-state index >= 15 is 0 Å². The molecule has 1 aromatic carbocycles. The van der Waals surface area contributed by atoms with Gasteiger partial charge in [-0.1, -0.05) is 11.2 Å². The molecule has 0 radical (unpaired) electrons. The van der Waals surface area contributed by atoms with Crippen molar-refractivity contribution < 1.29 is 8.91 Å². The molecular weight excluding hydrogens is 235 g/mol. The van der Waals surface area contributed by atoms with Crippen LogP contribution >= 0.6 is 0 Å². The fourth-order valence-electron chi connectivity index (χ4n) is 1.75. The van der Waals surface area contributed by atoms with Crippen LogP contribution in [0.25, 0.3) is 16.8 Å². The predicted octanol–water partition coefficient (Wildman–Crippen LogP) is 2.25. The van der Waals surface area contributed by atoms with E-state index in [4.69, 9.17) is 10.3 Å². The molecule has 0 fully saturated rings. The van der Waals surface area contributed by atoms with Crippen molar-refractivity contribution in [1.82, 2.24) is 14.7 Å². The minimum atomic E-state index is -0.369. The van der Waals surface area contributed by atoms with Crippen LogP contribution in [0.4, 0.5) is 10.3 Å². The number of aromatic nitrogens is 3. The number of imidazole rings is 1. The van der Waals surface area contributed by atoms with Gasteiger partial charge in [0.05, 0.1) is 23.8 Å². The standard InChI is InChI=1S/C12H9FN4O/c13-10-5-8(9-6-16-18-12(9)14)1-2-11(10)17-4-3-15-7-17/h1-7H,14H2. The minimum absolute atomic E-state index is 0.171. The maximum absolute atomic E-state index is 14.0. The number of halogens is 1. The normalized spacial score (nSPS) is 10.7. The Morgan fingerprint density at radius 3 is 2.83 bits per heavy atom. The first-order valence-electron chi connectivity index (χ1n) is 5.24. The van der Waals surface area contributed by atoms with Crippen LogP contribution in [0.5, 0.6) is 0 Å². The molecule has 2 aromatic heterocycles. The zero-order valence-corrected chi connectivity index (χ0v) is 9.25. The van der Waals surface area contributed by atoms with Gasteiger partial charge in [-0.3, -0.25) is 0 Å². The molecule has 3 aromatic rings. The second-order valence-electron chi connectivity index (χ2n) is 3.74. The van der Waals surface area contributed by atoms with Crippen molar-refractivity contribution in [3.8, 4) is 16.8 Å². The summed E-state index contributed by atoms with van der Waals surface area (Å²) >= 11 is 0. The van der Waals surface area contributed by atoms with Crippen LogP contribution in [0, 0.1) is 5.82 Å². The van der Waals surface area contributed by atoms with E-state index in [-0.39, 0.29) is 11.7 Å². The maximum Gasteiger partial charge on any atom is 0.229 e. The molecule has 0 atom stereocenters. The molecule has 0 aliphatic heterocycles.